The number of sulfone groups is 1. The van der Waals surface area contributed by atoms with E-state index >= 15 is 0 Å². The number of hydrogen-bond acceptors (Lipinski definition) is 10. The lowest BCUT2D eigenvalue weighted by Crippen LogP contribution is -2.14. The maximum Gasteiger partial charge on any atom is 0.179 e. The van der Waals surface area contributed by atoms with Gasteiger partial charge >= 0.3 is 0 Å². The molecular formula is C21H25N7O3S. The Bertz CT molecular complexity index is 1210. The van der Waals surface area contributed by atoms with Crippen LogP contribution in [0.5, 0.6) is 0 Å². The quantitative estimate of drug-likeness (QED) is 0.570. The van der Waals surface area contributed by atoms with Crippen molar-refractivity contribution in [2.45, 2.75) is 44.1 Å². The van der Waals surface area contributed by atoms with Crippen molar-refractivity contribution in [3.8, 4) is 0 Å². The molecule has 0 radical (unpaired) electrons. The van der Waals surface area contributed by atoms with E-state index in [9.17, 15) is 8.42 Å². The molecule has 0 aliphatic carbocycles. The zero-order valence-corrected chi connectivity index (χ0v) is 19.0. The minimum atomic E-state index is -3.54. The Morgan fingerprint density at radius 1 is 0.969 bits per heavy atom. The first kappa shape index (κ1) is 22.0. The molecule has 2 N–H and O–H groups in total. The highest BCUT2D eigenvalue weighted by Crippen LogP contribution is 2.31. The van der Waals surface area contributed by atoms with Crippen LogP contribution in [-0.4, -0.2) is 46.2 Å². The first-order valence-electron chi connectivity index (χ1n) is 10.3. The Morgan fingerprint density at radius 2 is 1.75 bits per heavy atom. The summed E-state index contributed by atoms with van der Waals surface area (Å²) in [6.45, 7) is 4.36. The zero-order chi connectivity index (χ0) is 22.7. The first-order chi connectivity index (χ1) is 15.3. The van der Waals surface area contributed by atoms with Gasteiger partial charge < -0.3 is 15.4 Å². The van der Waals surface area contributed by atoms with Gasteiger partial charge in [-0.15, -0.1) is 0 Å². The average molecular weight is 456 g/mol. The van der Waals surface area contributed by atoms with E-state index in [2.05, 4.69) is 35.6 Å². The van der Waals surface area contributed by atoms with Crippen LogP contribution in [0.1, 0.15) is 42.4 Å². The summed E-state index contributed by atoms with van der Waals surface area (Å²) < 4.78 is 30.7. The maximum atomic E-state index is 12.5. The van der Waals surface area contributed by atoms with Crippen molar-refractivity contribution < 1.29 is 13.2 Å². The molecule has 10 nitrogen and oxygen atoms in total. The number of pyridine rings is 1. The van der Waals surface area contributed by atoms with Crippen LogP contribution >= 0.6 is 0 Å². The third kappa shape index (κ3) is 5.35. The molecular weight excluding hydrogens is 430 g/mol. The van der Waals surface area contributed by atoms with Gasteiger partial charge in [-0.3, -0.25) is 0 Å². The molecule has 4 heterocycles. The average Bonchev–Trinajstić information content (AvgIpc) is 2.73. The fraction of sp³-hybridized carbons (Fsp3) is 0.381. The molecule has 3 aromatic heterocycles. The summed E-state index contributed by atoms with van der Waals surface area (Å²) >= 11 is 0. The van der Waals surface area contributed by atoms with Crippen LogP contribution in [0.2, 0.25) is 0 Å². The Kier molecular flexibility index (Phi) is 6.28. The summed E-state index contributed by atoms with van der Waals surface area (Å²) in [5.41, 5.74) is 1.59. The highest BCUT2D eigenvalue weighted by Gasteiger charge is 2.22. The summed E-state index contributed by atoms with van der Waals surface area (Å²) in [5, 5.41) is 6.11. The third-order valence-corrected chi connectivity index (χ3v) is 6.07. The van der Waals surface area contributed by atoms with Gasteiger partial charge in [-0.25, -0.2) is 33.3 Å². The van der Waals surface area contributed by atoms with E-state index in [4.69, 9.17) is 4.74 Å². The van der Waals surface area contributed by atoms with Crippen LogP contribution < -0.4 is 10.6 Å². The Labute approximate surface area is 186 Å². The summed E-state index contributed by atoms with van der Waals surface area (Å²) in [6, 6.07) is 5.09. The van der Waals surface area contributed by atoms with Crippen LogP contribution in [-0.2, 0) is 14.6 Å². The molecule has 0 aromatic carbocycles. The van der Waals surface area contributed by atoms with Gasteiger partial charge in [0.2, 0.25) is 0 Å². The number of anilines is 4. The summed E-state index contributed by atoms with van der Waals surface area (Å²) in [6.07, 6.45) is 6.95. The van der Waals surface area contributed by atoms with E-state index in [-0.39, 0.29) is 16.8 Å². The number of aryl methyl sites for hydroxylation is 2. The minimum absolute atomic E-state index is 0.0966. The third-order valence-electron chi connectivity index (χ3n) is 4.96. The van der Waals surface area contributed by atoms with Gasteiger partial charge in [0.05, 0.1) is 6.10 Å². The minimum Gasteiger partial charge on any atom is -0.373 e. The number of ether oxygens (including phenoxy) is 1. The number of rotatable bonds is 6. The lowest BCUT2D eigenvalue weighted by molar-refractivity contribution is 0.0146. The van der Waals surface area contributed by atoms with E-state index in [1.165, 1.54) is 6.33 Å². The molecule has 0 amide bonds. The molecule has 11 heteroatoms. The fourth-order valence-electron chi connectivity index (χ4n) is 3.54. The van der Waals surface area contributed by atoms with Gasteiger partial charge in [0, 0.05) is 42.4 Å². The van der Waals surface area contributed by atoms with Crippen molar-refractivity contribution in [3.05, 3.63) is 47.8 Å². The van der Waals surface area contributed by atoms with E-state index in [0.717, 1.165) is 36.8 Å². The van der Waals surface area contributed by atoms with E-state index in [1.54, 1.807) is 24.4 Å². The highest BCUT2D eigenvalue weighted by molar-refractivity contribution is 7.90. The summed E-state index contributed by atoms with van der Waals surface area (Å²) in [4.78, 5) is 21.5. The Morgan fingerprint density at radius 3 is 2.44 bits per heavy atom. The fourth-order valence-corrected chi connectivity index (χ4v) is 4.35. The van der Waals surface area contributed by atoms with Gasteiger partial charge in [-0.1, -0.05) is 0 Å². The van der Waals surface area contributed by atoms with Crippen molar-refractivity contribution in [1.82, 2.24) is 24.9 Å². The van der Waals surface area contributed by atoms with Crippen LogP contribution in [0.15, 0.2) is 35.6 Å². The molecule has 32 heavy (non-hydrogen) atoms. The number of nitrogens with one attached hydrogen (secondary N) is 2. The monoisotopic (exact) mass is 455 g/mol. The molecule has 4 rings (SSSR count). The van der Waals surface area contributed by atoms with Crippen molar-refractivity contribution >= 4 is 33.1 Å². The van der Waals surface area contributed by atoms with Crippen molar-refractivity contribution in [1.29, 1.82) is 0 Å². The molecule has 0 spiro atoms. The summed E-state index contributed by atoms with van der Waals surface area (Å²) in [7, 11) is -3.54. The van der Waals surface area contributed by atoms with Gasteiger partial charge in [-0.2, -0.15) is 0 Å². The first-order valence-corrected chi connectivity index (χ1v) is 12.2. The van der Waals surface area contributed by atoms with E-state index in [1.807, 2.05) is 13.8 Å². The van der Waals surface area contributed by atoms with Crippen molar-refractivity contribution in [2.24, 2.45) is 0 Å². The smallest absolute Gasteiger partial charge is 0.179 e. The number of nitrogens with zero attached hydrogens (tertiary/aromatic N) is 5. The molecule has 0 saturated carbocycles. The molecule has 1 unspecified atom stereocenters. The topological polar surface area (TPSA) is 132 Å². The summed E-state index contributed by atoms with van der Waals surface area (Å²) in [5.74, 6) is 2.33. The standard InChI is InChI=1S/C21H25N7O3S/c1-13-8-20(26-14(2)25-13)27-18-10-19(24-12-23-18)28-21-17(32(3,29)30)9-15(11-22-21)16-6-4-5-7-31-16/h8-12,16H,4-7H2,1-3H3,(H2,22,23,24,25,26,27,28). The molecule has 168 valence electrons. The Hall–Kier alpha value is -3.18. The van der Waals surface area contributed by atoms with Crippen LogP contribution in [0.3, 0.4) is 0 Å². The molecule has 1 aliphatic heterocycles. The Balaban J connectivity index is 1.60. The number of aromatic nitrogens is 5. The normalized spacial score (nSPS) is 16.5. The van der Waals surface area contributed by atoms with Gasteiger partial charge in [-0.05, 0) is 39.2 Å². The van der Waals surface area contributed by atoms with Crippen molar-refractivity contribution in [2.75, 3.05) is 23.5 Å². The van der Waals surface area contributed by atoms with Crippen LogP contribution in [0.4, 0.5) is 23.3 Å². The van der Waals surface area contributed by atoms with Crippen LogP contribution in [0, 0.1) is 13.8 Å². The maximum absolute atomic E-state index is 12.5. The van der Waals surface area contributed by atoms with Gasteiger partial charge in [0.15, 0.2) is 9.84 Å². The molecule has 3 aromatic rings. The van der Waals surface area contributed by atoms with Crippen molar-refractivity contribution in [3.63, 3.8) is 0 Å². The highest BCUT2D eigenvalue weighted by atomic mass is 32.2. The largest absolute Gasteiger partial charge is 0.373 e. The predicted molar refractivity (Wildman–Crippen MR) is 120 cm³/mol. The van der Waals surface area contributed by atoms with Gasteiger partial charge in [0.25, 0.3) is 0 Å². The molecule has 1 aliphatic rings. The van der Waals surface area contributed by atoms with E-state index in [0.29, 0.717) is 29.9 Å². The molecule has 1 saturated heterocycles. The lowest BCUT2D eigenvalue weighted by atomic mass is 10.0. The predicted octanol–water partition coefficient (Wildman–Crippen LogP) is 3.41. The second-order valence-corrected chi connectivity index (χ2v) is 9.71. The molecule has 1 fully saturated rings. The zero-order valence-electron chi connectivity index (χ0n) is 18.2. The molecule has 1 atom stereocenters. The lowest BCUT2D eigenvalue weighted by Gasteiger charge is -2.23. The van der Waals surface area contributed by atoms with E-state index < -0.39 is 9.84 Å². The number of hydrogen-bond donors (Lipinski definition) is 2. The molecule has 0 bridgehead atoms. The second kappa shape index (κ2) is 9.13. The van der Waals surface area contributed by atoms with Gasteiger partial charge in [0.1, 0.15) is 40.3 Å². The second-order valence-electron chi connectivity index (χ2n) is 7.72. The van der Waals surface area contributed by atoms with Crippen LogP contribution in [0.25, 0.3) is 0 Å². The SMILES string of the molecule is Cc1cc(Nc2cc(Nc3ncc(C4CCCCO4)cc3S(C)(=O)=O)ncn2)nc(C)n1.